The zero-order chi connectivity index (χ0) is 15.5. The summed E-state index contributed by atoms with van der Waals surface area (Å²) in [5, 5.41) is 26.9. The minimum Gasteiger partial charge on any atom is -0.394 e. The first-order valence-electron chi connectivity index (χ1n) is 7.39. The predicted molar refractivity (Wildman–Crippen MR) is 80.3 cm³/mol. The minimum atomic E-state index is -0.382. The quantitative estimate of drug-likeness (QED) is 0.331. The first kappa shape index (κ1) is 17.4. The fourth-order valence-electron chi connectivity index (χ4n) is 2.01. The Kier molecular flexibility index (Phi) is 8.43. The summed E-state index contributed by atoms with van der Waals surface area (Å²) < 4.78 is 0. The molecular formula is C14H25N5O2. The van der Waals surface area contributed by atoms with E-state index < -0.39 is 0 Å². The van der Waals surface area contributed by atoms with Crippen LogP contribution in [0.5, 0.6) is 0 Å². The van der Waals surface area contributed by atoms with Crippen LogP contribution < -0.4 is 16.0 Å². The fraction of sp³-hybridized carbons (Fsp3) is 0.714. The van der Waals surface area contributed by atoms with Crippen LogP contribution in [0, 0.1) is 11.3 Å². The van der Waals surface area contributed by atoms with Crippen LogP contribution in [-0.2, 0) is 4.79 Å². The molecule has 0 aromatic heterocycles. The maximum atomic E-state index is 11.9. The highest BCUT2D eigenvalue weighted by Gasteiger charge is 2.12. The van der Waals surface area contributed by atoms with Gasteiger partial charge in [-0.25, -0.2) is 0 Å². The van der Waals surface area contributed by atoms with E-state index in [2.05, 4.69) is 20.9 Å². The van der Waals surface area contributed by atoms with Gasteiger partial charge in [0.15, 0.2) is 0 Å². The van der Waals surface area contributed by atoms with Gasteiger partial charge in [0.25, 0.3) is 5.91 Å². The van der Waals surface area contributed by atoms with E-state index >= 15 is 0 Å². The molecule has 7 nitrogen and oxygen atoms in total. The number of nitrogens with zero attached hydrogens (tertiary/aromatic N) is 2. The largest absolute Gasteiger partial charge is 0.394 e. The van der Waals surface area contributed by atoms with Crippen molar-refractivity contribution in [2.75, 3.05) is 45.9 Å². The Morgan fingerprint density at radius 2 is 2.24 bits per heavy atom. The van der Waals surface area contributed by atoms with Crippen molar-refractivity contribution in [2.45, 2.75) is 19.4 Å². The van der Waals surface area contributed by atoms with Crippen LogP contribution in [0.1, 0.15) is 13.3 Å². The van der Waals surface area contributed by atoms with Gasteiger partial charge in [-0.2, -0.15) is 5.26 Å². The molecule has 0 bridgehead atoms. The highest BCUT2D eigenvalue weighted by molar-refractivity contribution is 5.97. The van der Waals surface area contributed by atoms with Crippen LogP contribution in [0.4, 0.5) is 0 Å². The second kappa shape index (κ2) is 10.2. The second-order valence-corrected chi connectivity index (χ2v) is 4.97. The normalized spacial score (nSPS) is 17.9. The number of hydrogen-bond acceptors (Lipinski definition) is 6. The molecule has 1 aliphatic rings. The summed E-state index contributed by atoms with van der Waals surface area (Å²) in [6.07, 6.45) is 2.10. The van der Waals surface area contributed by atoms with E-state index in [-0.39, 0.29) is 24.1 Å². The molecule has 1 atom stereocenters. The van der Waals surface area contributed by atoms with E-state index in [1.807, 2.05) is 13.0 Å². The van der Waals surface area contributed by atoms with Gasteiger partial charge in [-0.05, 0) is 6.42 Å². The average molecular weight is 295 g/mol. The van der Waals surface area contributed by atoms with Crippen LogP contribution in [0.3, 0.4) is 0 Å². The number of amides is 1. The van der Waals surface area contributed by atoms with E-state index in [0.717, 1.165) is 39.1 Å². The van der Waals surface area contributed by atoms with Gasteiger partial charge in [-0.15, -0.1) is 0 Å². The molecule has 1 aliphatic heterocycles. The second-order valence-electron chi connectivity index (χ2n) is 4.97. The molecule has 1 rings (SSSR count). The summed E-state index contributed by atoms with van der Waals surface area (Å²) in [4.78, 5) is 14.1. The Bertz CT molecular complexity index is 381. The van der Waals surface area contributed by atoms with Gasteiger partial charge in [0, 0.05) is 51.5 Å². The van der Waals surface area contributed by atoms with Gasteiger partial charge in [0.2, 0.25) is 0 Å². The molecule has 4 N–H and O–H groups in total. The third kappa shape index (κ3) is 6.58. The van der Waals surface area contributed by atoms with Crippen LogP contribution in [-0.4, -0.2) is 67.8 Å². The monoisotopic (exact) mass is 295 g/mol. The Morgan fingerprint density at radius 3 is 2.81 bits per heavy atom. The number of hydrogen-bond donors (Lipinski definition) is 4. The van der Waals surface area contributed by atoms with Gasteiger partial charge in [0.05, 0.1) is 6.61 Å². The van der Waals surface area contributed by atoms with Crippen molar-refractivity contribution < 1.29 is 9.90 Å². The third-order valence-corrected chi connectivity index (χ3v) is 3.46. The first-order chi connectivity index (χ1) is 10.2. The first-order valence-corrected chi connectivity index (χ1v) is 7.39. The molecule has 0 aromatic rings. The van der Waals surface area contributed by atoms with E-state index in [1.54, 1.807) is 0 Å². The number of carbonyl (C=O) groups excluding carboxylic acids is 1. The van der Waals surface area contributed by atoms with Gasteiger partial charge < -0.3 is 21.1 Å². The van der Waals surface area contributed by atoms with Crippen molar-refractivity contribution in [1.29, 1.82) is 5.26 Å². The fourth-order valence-corrected chi connectivity index (χ4v) is 2.01. The molecule has 118 valence electrons. The van der Waals surface area contributed by atoms with Crippen molar-refractivity contribution in [2.24, 2.45) is 0 Å². The van der Waals surface area contributed by atoms with Crippen LogP contribution >= 0.6 is 0 Å². The summed E-state index contributed by atoms with van der Waals surface area (Å²) in [5.74, 6) is -0.382. The molecule has 0 spiro atoms. The number of nitrogens with one attached hydrogen (secondary N) is 3. The zero-order valence-corrected chi connectivity index (χ0v) is 12.6. The lowest BCUT2D eigenvalue weighted by Gasteiger charge is -2.27. The Balaban J connectivity index is 2.33. The van der Waals surface area contributed by atoms with Crippen molar-refractivity contribution >= 4 is 5.91 Å². The zero-order valence-electron chi connectivity index (χ0n) is 12.6. The van der Waals surface area contributed by atoms with Crippen molar-refractivity contribution in [3.05, 3.63) is 11.8 Å². The van der Waals surface area contributed by atoms with Crippen LogP contribution in [0.2, 0.25) is 0 Å². The molecule has 0 aliphatic carbocycles. The number of carbonyl (C=O) groups is 1. The molecule has 1 saturated heterocycles. The molecule has 21 heavy (non-hydrogen) atoms. The van der Waals surface area contributed by atoms with Gasteiger partial charge in [-0.1, -0.05) is 6.92 Å². The predicted octanol–water partition coefficient (Wildman–Crippen LogP) is -1.22. The summed E-state index contributed by atoms with van der Waals surface area (Å²) in [6.45, 7) is 7.10. The van der Waals surface area contributed by atoms with Crippen LogP contribution in [0.25, 0.3) is 0 Å². The Hall–Kier alpha value is -1.62. The third-order valence-electron chi connectivity index (χ3n) is 3.46. The average Bonchev–Trinajstić information content (AvgIpc) is 2.52. The summed E-state index contributed by atoms with van der Waals surface area (Å²) in [6, 6.07) is 1.74. The van der Waals surface area contributed by atoms with E-state index in [1.165, 1.54) is 6.20 Å². The van der Waals surface area contributed by atoms with Crippen molar-refractivity contribution in [1.82, 2.24) is 20.9 Å². The maximum absolute atomic E-state index is 11.9. The maximum Gasteiger partial charge on any atom is 0.263 e. The lowest BCUT2D eigenvalue weighted by Crippen LogP contribution is -2.46. The number of rotatable bonds is 8. The van der Waals surface area contributed by atoms with Crippen molar-refractivity contribution in [3.8, 4) is 6.07 Å². The highest BCUT2D eigenvalue weighted by atomic mass is 16.3. The van der Waals surface area contributed by atoms with Gasteiger partial charge in [-0.3, -0.25) is 9.69 Å². The number of aliphatic hydroxyl groups excluding tert-OH is 1. The van der Waals surface area contributed by atoms with E-state index in [9.17, 15) is 4.79 Å². The molecule has 0 saturated carbocycles. The number of nitriles is 1. The topological polar surface area (TPSA) is 100 Å². The Morgan fingerprint density at radius 1 is 1.52 bits per heavy atom. The number of piperazine rings is 1. The summed E-state index contributed by atoms with van der Waals surface area (Å²) in [7, 11) is 0. The lowest BCUT2D eigenvalue weighted by molar-refractivity contribution is -0.117. The molecular weight excluding hydrogens is 270 g/mol. The smallest absolute Gasteiger partial charge is 0.263 e. The van der Waals surface area contributed by atoms with Gasteiger partial charge >= 0.3 is 0 Å². The highest BCUT2D eigenvalue weighted by Crippen LogP contribution is 1.95. The van der Waals surface area contributed by atoms with E-state index in [0.29, 0.717) is 6.54 Å². The number of aliphatic hydroxyl groups is 1. The van der Waals surface area contributed by atoms with Crippen LogP contribution in [0.15, 0.2) is 11.8 Å². The molecule has 0 radical (unpaired) electrons. The lowest BCUT2D eigenvalue weighted by atomic mass is 10.2. The van der Waals surface area contributed by atoms with E-state index in [4.69, 9.17) is 10.4 Å². The molecule has 1 unspecified atom stereocenters. The SMILES string of the molecule is CCC(CO)N/C=C(/C#N)C(=O)NCCN1CCNCC1. The Labute approximate surface area is 126 Å². The minimum absolute atomic E-state index is 0.0298. The standard InChI is InChI=1S/C14H25N5O2/c1-2-13(11-20)18-10-12(9-15)14(21)17-5-8-19-6-3-16-4-7-19/h10,13,16,18,20H,2-8,11H2,1H3,(H,17,21)/b12-10-. The molecule has 7 heteroatoms. The molecule has 0 aromatic carbocycles. The summed E-state index contributed by atoms with van der Waals surface area (Å²) >= 11 is 0. The molecule has 1 amide bonds. The molecule has 1 heterocycles. The molecule has 1 fully saturated rings. The summed E-state index contributed by atoms with van der Waals surface area (Å²) in [5.41, 5.74) is 0.0298. The van der Waals surface area contributed by atoms with Crippen molar-refractivity contribution in [3.63, 3.8) is 0 Å². The van der Waals surface area contributed by atoms with Gasteiger partial charge in [0.1, 0.15) is 11.6 Å².